The second-order valence-corrected chi connectivity index (χ2v) is 8.37. The van der Waals surface area contributed by atoms with Gasteiger partial charge in [-0.05, 0) is 37.3 Å². The molecule has 1 aliphatic heterocycles. The van der Waals surface area contributed by atoms with Gasteiger partial charge in [-0.3, -0.25) is 9.59 Å². The molecule has 0 aromatic heterocycles. The zero-order chi connectivity index (χ0) is 23.7. The maximum absolute atomic E-state index is 13.3. The lowest BCUT2D eigenvalue weighted by Gasteiger charge is -2.29. The molecule has 6 nitrogen and oxygen atoms in total. The Kier molecular flexibility index (Phi) is 9.32. The molecule has 0 saturated heterocycles. The Balaban J connectivity index is 2.22. The molecule has 0 aliphatic carbocycles. The Morgan fingerprint density at radius 2 is 1.84 bits per heavy atom. The van der Waals surface area contributed by atoms with E-state index in [0.717, 1.165) is 22.4 Å². The van der Waals surface area contributed by atoms with Gasteiger partial charge in [0, 0.05) is 30.5 Å². The summed E-state index contributed by atoms with van der Waals surface area (Å²) >= 11 is 0. The smallest absolute Gasteiger partial charge is 0.227 e. The van der Waals surface area contributed by atoms with Gasteiger partial charge in [0.25, 0.3) is 0 Å². The van der Waals surface area contributed by atoms with E-state index in [2.05, 4.69) is 25.7 Å². The fraction of sp³-hybridized carbons (Fsp3) is 0.385. The molecule has 2 rings (SSSR count). The molecule has 0 unspecified atom stereocenters. The van der Waals surface area contributed by atoms with Gasteiger partial charge in [-0.25, -0.2) is 0 Å². The Bertz CT molecular complexity index is 941. The summed E-state index contributed by atoms with van der Waals surface area (Å²) in [5.74, 6) is 0.430. The van der Waals surface area contributed by atoms with Crippen LogP contribution in [0, 0.1) is 5.92 Å². The molecule has 1 aromatic carbocycles. The highest BCUT2D eigenvalue weighted by atomic mass is 16.2. The first-order chi connectivity index (χ1) is 15.3. The van der Waals surface area contributed by atoms with Crippen LogP contribution in [0.3, 0.4) is 0 Å². The Labute approximate surface area is 191 Å². The van der Waals surface area contributed by atoms with Crippen LogP contribution >= 0.6 is 0 Å². The third-order valence-electron chi connectivity index (χ3n) is 5.37. The summed E-state index contributed by atoms with van der Waals surface area (Å²) in [7, 11) is 0. The number of unbranched alkanes of at least 4 members (excludes halogenated alkanes) is 1. The minimum Gasteiger partial charge on any atom is -0.397 e. The number of anilines is 1. The van der Waals surface area contributed by atoms with Crippen molar-refractivity contribution in [3.8, 4) is 0 Å². The van der Waals surface area contributed by atoms with Crippen LogP contribution in [0.4, 0.5) is 5.69 Å². The van der Waals surface area contributed by atoms with Crippen molar-refractivity contribution in [2.45, 2.75) is 46.5 Å². The molecule has 6 heteroatoms. The third kappa shape index (κ3) is 6.36. The van der Waals surface area contributed by atoms with Gasteiger partial charge in [0.05, 0.1) is 23.6 Å². The summed E-state index contributed by atoms with van der Waals surface area (Å²) in [6, 6.07) is 7.52. The summed E-state index contributed by atoms with van der Waals surface area (Å²) in [6.45, 7) is 11.0. The number of allylic oxidation sites excluding steroid dienone is 2. The molecule has 0 atom stereocenters. The van der Waals surface area contributed by atoms with E-state index in [1.54, 1.807) is 11.0 Å². The number of nitrogens with two attached hydrogens (primary N) is 2. The summed E-state index contributed by atoms with van der Waals surface area (Å²) in [5, 5.41) is 2.91. The SMILES string of the molecule is C=C/C1=C(\C=C/C)C(/N)=C(/N)c2ccccc2N(C(=O)CCCCC(=O)NCC(C)C)C1. The molecule has 0 saturated carbocycles. The predicted molar refractivity (Wildman–Crippen MR) is 132 cm³/mol. The van der Waals surface area contributed by atoms with Gasteiger partial charge in [-0.2, -0.15) is 0 Å². The predicted octanol–water partition coefficient (Wildman–Crippen LogP) is 4.01. The van der Waals surface area contributed by atoms with E-state index in [4.69, 9.17) is 11.5 Å². The van der Waals surface area contributed by atoms with Crippen LogP contribution in [0.15, 0.2) is 65.9 Å². The number of carbonyl (C=O) groups excluding carboxylic acids is 2. The maximum Gasteiger partial charge on any atom is 0.227 e. The van der Waals surface area contributed by atoms with Crippen molar-refractivity contribution in [2.75, 3.05) is 18.0 Å². The number of hydrogen-bond acceptors (Lipinski definition) is 4. The Morgan fingerprint density at radius 1 is 1.16 bits per heavy atom. The second kappa shape index (κ2) is 11.9. The average Bonchev–Trinajstić information content (AvgIpc) is 2.78. The lowest BCUT2D eigenvalue weighted by molar-refractivity contribution is -0.122. The number of benzene rings is 1. The van der Waals surface area contributed by atoms with Crippen molar-refractivity contribution in [1.29, 1.82) is 0 Å². The molecule has 2 amide bonds. The van der Waals surface area contributed by atoms with Gasteiger partial charge >= 0.3 is 0 Å². The molecular formula is C26H36N4O2. The molecule has 172 valence electrons. The molecule has 1 aliphatic rings. The minimum atomic E-state index is -0.0208. The maximum atomic E-state index is 13.3. The van der Waals surface area contributed by atoms with Crippen molar-refractivity contribution in [3.05, 3.63) is 71.5 Å². The largest absolute Gasteiger partial charge is 0.397 e. The van der Waals surface area contributed by atoms with E-state index in [1.165, 1.54) is 0 Å². The van der Waals surface area contributed by atoms with Crippen LogP contribution in [-0.2, 0) is 9.59 Å². The summed E-state index contributed by atoms with van der Waals surface area (Å²) in [5.41, 5.74) is 16.8. The lowest BCUT2D eigenvalue weighted by Crippen LogP contribution is -2.35. The van der Waals surface area contributed by atoms with Gasteiger partial charge in [0.1, 0.15) is 0 Å². The van der Waals surface area contributed by atoms with Crippen LogP contribution in [-0.4, -0.2) is 24.9 Å². The second-order valence-electron chi connectivity index (χ2n) is 8.37. The van der Waals surface area contributed by atoms with Gasteiger partial charge in [0.2, 0.25) is 11.8 Å². The molecule has 0 spiro atoms. The minimum absolute atomic E-state index is 0.0208. The summed E-state index contributed by atoms with van der Waals surface area (Å²) in [6.07, 6.45) is 7.57. The van der Waals surface area contributed by atoms with Crippen LogP contribution in [0.25, 0.3) is 5.70 Å². The van der Waals surface area contributed by atoms with Crippen LogP contribution in [0.1, 0.15) is 52.0 Å². The van der Waals surface area contributed by atoms with Gasteiger partial charge in [-0.15, -0.1) is 0 Å². The number of para-hydroxylation sites is 1. The topological polar surface area (TPSA) is 101 Å². The van der Waals surface area contributed by atoms with E-state index in [0.29, 0.717) is 56.1 Å². The standard InChI is InChI=1S/C26H36N4O2/c1-5-11-20-19(6-2)17-30(22-13-8-7-12-21(22)26(28)25(20)27)24(32)15-10-9-14-23(31)29-16-18(3)4/h5-8,11-13,18H,2,9-10,14-17,27-28H2,1,3-4H3,(H,29,31)/b11-5-,20-19-,26-25-. The molecule has 1 aromatic rings. The molecular weight excluding hydrogens is 400 g/mol. The van der Waals surface area contributed by atoms with Crippen LogP contribution in [0.5, 0.6) is 0 Å². The van der Waals surface area contributed by atoms with Gasteiger partial charge in [-0.1, -0.05) is 56.9 Å². The monoisotopic (exact) mass is 436 g/mol. The first-order valence-corrected chi connectivity index (χ1v) is 11.2. The molecule has 0 bridgehead atoms. The fourth-order valence-corrected chi connectivity index (χ4v) is 3.60. The van der Waals surface area contributed by atoms with E-state index < -0.39 is 0 Å². The van der Waals surface area contributed by atoms with Crippen molar-refractivity contribution >= 4 is 23.2 Å². The highest BCUT2D eigenvalue weighted by Gasteiger charge is 2.25. The molecule has 0 fully saturated rings. The van der Waals surface area contributed by atoms with E-state index >= 15 is 0 Å². The normalized spacial score (nSPS) is 18.9. The molecule has 0 radical (unpaired) electrons. The number of rotatable bonds is 9. The summed E-state index contributed by atoms with van der Waals surface area (Å²) < 4.78 is 0. The van der Waals surface area contributed by atoms with Crippen molar-refractivity contribution in [3.63, 3.8) is 0 Å². The number of fused-ring (bicyclic) bond motifs is 1. The van der Waals surface area contributed by atoms with Crippen LogP contribution < -0.4 is 21.7 Å². The highest BCUT2D eigenvalue weighted by Crippen LogP contribution is 2.32. The first-order valence-electron chi connectivity index (χ1n) is 11.2. The molecule has 32 heavy (non-hydrogen) atoms. The Hall–Kier alpha value is -3.28. The number of amides is 2. The Morgan fingerprint density at radius 3 is 2.50 bits per heavy atom. The van der Waals surface area contributed by atoms with Crippen molar-refractivity contribution in [2.24, 2.45) is 17.4 Å². The highest BCUT2D eigenvalue weighted by molar-refractivity contribution is 5.98. The number of carbonyl (C=O) groups is 2. The van der Waals surface area contributed by atoms with Gasteiger partial charge < -0.3 is 21.7 Å². The van der Waals surface area contributed by atoms with Crippen LogP contribution in [0.2, 0.25) is 0 Å². The van der Waals surface area contributed by atoms with E-state index in [1.807, 2.05) is 43.3 Å². The molecule has 5 N–H and O–H groups in total. The van der Waals surface area contributed by atoms with Crippen molar-refractivity contribution in [1.82, 2.24) is 5.32 Å². The fourth-order valence-electron chi connectivity index (χ4n) is 3.60. The number of nitrogens with one attached hydrogen (secondary N) is 1. The van der Waals surface area contributed by atoms with Crippen molar-refractivity contribution < 1.29 is 9.59 Å². The van der Waals surface area contributed by atoms with E-state index in [9.17, 15) is 9.59 Å². The lowest BCUT2D eigenvalue weighted by atomic mass is 9.95. The summed E-state index contributed by atoms with van der Waals surface area (Å²) in [4.78, 5) is 26.9. The number of hydrogen-bond donors (Lipinski definition) is 3. The third-order valence-corrected chi connectivity index (χ3v) is 5.37. The quantitative estimate of drug-likeness (QED) is 0.509. The number of nitrogens with zero attached hydrogens (tertiary/aromatic N) is 1. The van der Waals surface area contributed by atoms with E-state index in [-0.39, 0.29) is 11.8 Å². The first kappa shape index (κ1) is 25.0. The molecule has 1 heterocycles. The average molecular weight is 437 g/mol. The zero-order valence-corrected chi connectivity index (χ0v) is 19.5. The zero-order valence-electron chi connectivity index (χ0n) is 19.5. The van der Waals surface area contributed by atoms with Gasteiger partial charge in [0.15, 0.2) is 0 Å².